The van der Waals surface area contributed by atoms with E-state index >= 15 is 0 Å². The van der Waals surface area contributed by atoms with Crippen LogP contribution in [0.15, 0.2) is 229 Å². The maximum absolute atomic E-state index is 6.72. The lowest BCUT2D eigenvalue weighted by Gasteiger charge is -2.46. The van der Waals surface area contributed by atoms with Gasteiger partial charge in [0.15, 0.2) is 0 Å². The highest BCUT2D eigenvalue weighted by Gasteiger charge is 2.46. The van der Waals surface area contributed by atoms with E-state index in [0.29, 0.717) is 0 Å². The second-order valence-corrected chi connectivity index (χ2v) is 13.2. The van der Waals surface area contributed by atoms with Gasteiger partial charge in [0.1, 0.15) is 23.0 Å². The van der Waals surface area contributed by atoms with Crippen LogP contribution in [0.5, 0.6) is 0 Å². The van der Waals surface area contributed by atoms with E-state index in [1.807, 2.05) is 24.3 Å². The molecule has 3 aliphatic rings. The topological polar surface area (TPSA) is 18.5 Å². The van der Waals surface area contributed by atoms with Crippen LogP contribution in [0.4, 0.5) is 0 Å². The number of allylic oxidation sites excluding steroid dienone is 8. The zero-order valence-electron chi connectivity index (χ0n) is 28.6. The van der Waals surface area contributed by atoms with Gasteiger partial charge in [-0.1, -0.05) is 182 Å². The van der Waals surface area contributed by atoms with Crippen molar-refractivity contribution in [3.8, 4) is 0 Å². The van der Waals surface area contributed by atoms with Crippen LogP contribution < -0.4 is 0 Å². The number of ether oxygens (including phenoxy) is 2. The van der Waals surface area contributed by atoms with Gasteiger partial charge >= 0.3 is 0 Å². The Bertz CT molecular complexity index is 2110. The largest absolute Gasteiger partial charge is 0.456 e. The molecule has 2 aliphatic heterocycles. The van der Waals surface area contributed by atoms with Crippen LogP contribution >= 0.6 is 0 Å². The molecule has 9 rings (SSSR count). The van der Waals surface area contributed by atoms with E-state index in [1.54, 1.807) is 0 Å². The molecule has 6 aromatic rings. The first-order valence-corrected chi connectivity index (χ1v) is 17.8. The van der Waals surface area contributed by atoms with Crippen molar-refractivity contribution in [1.29, 1.82) is 0 Å². The van der Waals surface area contributed by atoms with Crippen molar-refractivity contribution >= 4 is 23.0 Å². The fourth-order valence-electron chi connectivity index (χ4n) is 7.57. The number of rotatable bonds is 6. The third-order valence-electron chi connectivity index (χ3n) is 10.0. The van der Waals surface area contributed by atoms with Gasteiger partial charge in [0.05, 0.1) is 0 Å². The number of hydrogen-bond donors (Lipinski definition) is 0. The predicted octanol–water partition coefficient (Wildman–Crippen LogP) is 12.4. The summed E-state index contributed by atoms with van der Waals surface area (Å²) in [5.74, 6) is 3.53. The van der Waals surface area contributed by atoms with Crippen molar-refractivity contribution < 1.29 is 9.47 Å². The lowest BCUT2D eigenvalue weighted by molar-refractivity contribution is 0.464. The van der Waals surface area contributed by atoms with Gasteiger partial charge in [-0.15, -0.1) is 0 Å². The van der Waals surface area contributed by atoms with E-state index in [2.05, 4.69) is 182 Å². The Morgan fingerprint density at radius 1 is 0.269 bits per heavy atom. The molecule has 2 heterocycles. The van der Waals surface area contributed by atoms with Crippen LogP contribution in [0.25, 0.3) is 23.0 Å². The van der Waals surface area contributed by atoms with Gasteiger partial charge in [0, 0.05) is 34.1 Å². The molecule has 2 atom stereocenters. The van der Waals surface area contributed by atoms with Crippen LogP contribution in [-0.2, 0) is 9.47 Å². The minimum Gasteiger partial charge on any atom is -0.456 e. The quantitative estimate of drug-likeness (QED) is 0.176. The Balaban J connectivity index is 1.36. The maximum Gasteiger partial charge on any atom is 0.135 e. The summed E-state index contributed by atoms with van der Waals surface area (Å²) in [7, 11) is 0. The van der Waals surface area contributed by atoms with Gasteiger partial charge in [-0.05, 0) is 57.7 Å². The molecule has 1 fully saturated rings. The molecule has 6 aromatic carbocycles. The van der Waals surface area contributed by atoms with E-state index in [9.17, 15) is 0 Å². The van der Waals surface area contributed by atoms with Crippen molar-refractivity contribution in [3.63, 3.8) is 0 Å². The van der Waals surface area contributed by atoms with E-state index in [1.165, 1.54) is 22.3 Å². The summed E-state index contributed by atoms with van der Waals surface area (Å²) in [5, 5.41) is 0. The molecule has 0 radical (unpaired) electrons. The molecule has 1 saturated carbocycles. The van der Waals surface area contributed by atoms with Gasteiger partial charge in [0.2, 0.25) is 0 Å². The Labute approximate surface area is 305 Å². The van der Waals surface area contributed by atoms with E-state index in [-0.39, 0.29) is 11.8 Å². The van der Waals surface area contributed by atoms with Crippen LogP contribution in [0.3, 0.4) is 0 Å². The highest BCUT2D eigenvalue weighted by atomic mass is 16.5. The smallest absolute Gasteiger partial charge is 0.135 e. The second kappa shape index (κ2) is 13.9. The Morgan fingerprint density at radius 2 is 0.500 bits per heavy atom. The monoisotopic (exact) mass is 668 g/mol. The van der Waals surface area contributed by atoms with Gasteiger partial charge in [-0.2, -0.15) is 0 Å². The van der Waals surface area contributed by atoms with E-state index in [4.69, 9.17) is 9.47 Å². The molecule has 0 saturated heterocycles. The highest BCUT2D eigenvalue weighted by Crippen LogP contribution is 2.61. The molecule has 0 bridgehead atoms. The van der Waals surface area contributed by atoms with Gasteiger partial charge < -0.3 is 9.47 Å². The van der Waals surface area contributed by atoms with E-state index < -0.39 is 0 Å². The standard InChI is InChI=1S/C50H36O2/c1-7-19-35(20-8-1)43-31-41(32-44(51-43)36-21-9-2-10-22-36)49-47(39-27-15-5-16-28-39)48(40-29-17-6-18-30-40)50(49)42-33-45(37-23-11-3-12-24-37)52-46(34-42)38-25-13-4-14-26-38/h1-34,47-48H. The molecule has 0 spiro atoms. The summed E-state index contributed by atoms with van der Waals surface area (Å²) in [4.78, 5) is 0. The second-order valence-electron chi connectivity index (χ2n) is 13.2. The molecular formula is C50H36O2. The Morgan fingerprint density at radius 3 is 0.750 bits per heavy atom. The SMILES string of the molecule is C1=C(c2ccccc2)OC(c2ccccc2)=CC1=C1C(=C2C=C(c3ccccc3)OC(c3ccccc3)=C2)C(c2ccccc2)C1c1ccccc1. The summed E-state index contributed by atoms with van der Waals surface area (Å²) < 4.78 is 13.4. The third kappa shape index (κ3) is 6.05. The highest BCUT2D eigenvalue weighted by molar-refractivity contribution is 5.84. The predicted molar refractivity (Wildman–Crippen MR) is 212 cm³/mol. The van der Waals surface area contributed by atoms with Crippen molar-refractivity contribution in [2.45, 2.75) is 11.8 Å². The minimum absolute atomic E-state index is 0.103. The summed E-state index contributed by atoms with van der Waals surface area (Å²) in [5.41, 5.74) is 11.6. The average Bonchev–Trinajstić information content (AvgIpc) is 3.22. The molecule has 0 N–H and O–H groups in total. The van der Waals surface area contributed by atoms with Gasteiger partial charge in [-0.3, -0.25) is 0 Å². The molecule has 2 heteroatoms. The molecule has 2 unspecified atom stereocenters. The lowest BCUT2D eigenvalue weighted by atomic mass is 9.56. The van der Waals surface area contributed by atoms with Crippen LogP contribution in [0, 0.1) is 0 Å². The fourth-order valence-corrected chi connectivity index (χ4v) is 7.57. The van der Waals surface area contributed by atoms with Crippen molar-refractivity contribution in [2.75, 3.05) is 0 Å². The fraction of sp³-hybridized carbons (Fsp3) is 0.0400. The molecule has 2 nitrogen and oxygen atoms in total. The molecular weight excluding hydrogens is 633 g/mol. The average molecular weight is 669 g/mol. The molecule has 1 aliphatic carbocycles. The molecule has 0 amide bonds. The minimum atomic E-state index is 0.103. The number of hydrogen-bond acceptors (Lipinski definition) is 2. The first-order chi connectivity index (χ1) is 25.8. The zero-order valence-corrected chi connectivity index (χ0v) is 28.6. The lowest BCUT2D eigenvalue weighted by Crippen LogP contribution is -2.31. The summed E-state index contributed by atoms with van der Waals surface area (Å²) in [6.45, 7) is 0. The van der Waals surface area contributed by atoms with E-state index in [0.717, 1.165) is 56.4 Å². The van der Waals surface area contributed by atoms with Crippen molar-refractivity contribution in [1.82, 2.24) is 0 Å². The van der Waals surface area contributed by atoms with Crippen LogP contribution in [0.2, 0.25) is 0 Å². The number of benzene rings is 6. The first-order valence-electron chi connectivity index (χ1n) is 17.8. The summed E-state index contributed by atoms with van der Waals surface area (Å²) in [6, 6.07) is 63.5. The summed E-state index contributed by atoms with van der Waals surface area (Å²) in [6.07, 6.45) is 8.94. The third-order valence-corrected chi connectivity index (χ3v) is 10.0. The van der Waals surface area contributed by atoms with Gasteiger partial charge in [-0.25, -0.2) is 0 Å². The Hall–Kier alpha value is -6.64. The first kappa shape index (κ1) is 31.3. The molecule has 52 heavy (non-hydrogen) atoms. The zero-order chi connectivity index (χ0) is 34.7. The summed E-state index contributed by atoms with van der Waals surface area (Å²) >= 11 is 0. The van der Waals surface area contributed by atoms with Crippen molar-refractivity contribution in [2.24, 2.45) is 0 Å². The van der Waals surface area contributed by atoms with Crippen LogP contribution in [-0.4, -0.2) is 0 Å². The maximum atomic E-state index is 6.72. The normalized spacial score (nSPS) is 18.2. The van der Waals surface area contributed by atoms with Crippen LogP contribution in [0.1, 0.15) is 45.2 Å². The van der Waals surface area contributed by atoms with Crippen molar-refractivity contribution in [3.05, 3.63) is 262 Å². The molecule has 248 valence electrons. The Kier molecular flexibility index (Phi) is 8.40. The molecule has 0 aromatic heterocycles. The van der Waals surface area contributed by atoms with Gasteiger partial charge in [0.25, 0.3) is 0 Å².